The molecule has 5 aromatic heterocycles. The topological polar surface area (TPSA) is 46.5 Å². The van der Waals surface area contributed by atoms with Crippen molar-refractivity contribution in [1.82, 2.24) is 9.38 Å². The molecule has 0 bridgehead atoms. The minimum Gasteiger partial charge on any atom is -0.454 e. The van der Waals surface area contributed by atoms with E-state index in [1.807, 2.05) is 12.1 Å². The molecule has 0 saturated carbocycles. The summed E-state index contributed by atoms with van der Waals surface area (Å²) in [6, 6.07) is 45.7. The van der Waals surface area contributed by atoms with Crippen molar-refractivity contribution in [3.8, 4) is 11.1 Å². The zero-order valence-electron chi connectivity index (χ0n) is 24.4. The Kier molecular flexibility index (Phi) is 3.96. The molecule has 1 N–H and O–H groups in total. The van der Waals surface area contributed by atoms with Crippen LogP contribution in [-0.4, -0.2) is 9.38 Å². The van der Waals surface area contributed by atoms with Gasteiger partial charge in [0.1, 0.15) is 11.2 Å². The van der Waals surface area contributed by atoms with Crippen molar-refractivity contribution in [3.05, 3.63) is 127 Å². The third kappa shape index (κ3) is 2.69. The van der Waals surface area contributed by atoms with Crippen molar-refractivity contribution in [1.29, 1.82) is 0 Å². The number of hydrogen-bond donors (Lipinski definition) is 1. The van der Waals surface area contributed by atoms with Gasteiger partial charge in [0.25, 0.3) is 0 Å². The third-order valence-electron chi connectivity index (χ3n) is 10.2. The molecular weight excluding hydrogens is 564 g/mol. The van der Waals surface area contributed by atoms with Crippen LogP contribution in [0.2, 0.25) is 0 Å². The molecule has 0 atom stereocenters. The molecule has 0 radical (unpaired) electrons. The van der Waals surface area contributed by atoms with Crippen LogP contribution < -0.4 is 0 Å². The van der Waals surface area contributed by atoms with Gasteiger partial charge in [0.15, 0.2) is 11.2 Å². The molecule has 212 valence electrons. The molecule has 0 aliphatic carbocycles. The highest BCUT2D eigenvalue weighted by Crippen LogP contribution is 2.47. The zero-order chi connectivity index (χ0) is 29.7. The van der Waals surface area contributed by atoms with E-state index in [1.54, 1.807) is 0 Å². The summed E-state index contributed by atoms with van der Waals surface area (Å²) in [5.41, 5.74) is 11.6. The van der Waals surface area contributed by atoms with Gasteiger partial charge in [-0.3, -0.25) is 0 Å². The summed E-state index contributed by atoms with van der Waals surface area (Å²) in [4.78, 5) is 3.64. The molecule has 0 saturated heterocycles. The number of furan rings is 2. The second-order valence-electron chi connectivity index (χ2n) is 12.6. The Morgan fingerprint density at radius 3 is 1.54 bits per heavy atom. The van der Waals surface area contributed by atoms with Gasteiger partial charge < -0.3 is 18.2 Å². The van der Waals surface area contributed by atoms with E-state index >= 15 is 0 Å². The lowest BCUT2D eigenvalue weighted by Crippen LogP contribution is -1.82. The Bertz CT molecular complexity index is 3100. The summed E-state index contributed by atoms with van der Waals surface area (Å²) in [5, 5.41) is 11.8. The fourth-order valence-electron chi connectivity index (χ4n) is 8.25. The van der Waals surface area contributed by atoms with Gasteiger partial charge in [-0.1, -0.05) is 78.9 Å². The van der Waals surface area contributed by atoms with Crippen LogP contribution in [-0.2, 0) is 0 Å². The van der Waals surface area contributed by atoms with Crippen LogP contribution in [0.1, 0.15) is 0 Å². The molecular formula is C42H22N2O2. The zero-order valence-corrected chi connectivity index (χ0v) is 24.4. The smallest absolute Gasteiger partial charge is 0.160 e. The molecule has 46 heavy (non-hydrogen) atoms. The summed E-state index contributed by atoms with van der Waals surface area (Å²) in [6.07, 6.45) is 0. The fraction of sp³-hybridized carbons (Fsp3) is 0. The van der Waals surface area contributed by atoms with E-state index in [2.05, 4.69) is 125 Å². The highest BCUT2D eigenvalue weighted by Gasteiger charge is 2.25. The Morgan fingerprint density at radius 1 is 0.370 bits per heavy atom. The largest absolute Gasteiger partial charge is 0.454 e. The quantitative estimate of drug-likeness (QED) is 0.208. The maximum absolute atomic E-state index is 6.68. The second kappa shape index (κ2) is 7.87. The molecule has 4 heteroatoms. The number of hydrogen-bond acceptors (Lipinski definition) is 2. The summed E-state index contributed by atoms with van der Waals surface area (Å²) in [5.74, 6) is 0. The molecule has 5 heterocycles. The van der Waals surface area contributed by atoms with Gasteiger partial charge in [-0.05, 0) is 59.7 Å². The number of nitrogens with one attached hydrogen (secondary N) is 1. The van der Waals surface area contributed by atoms with Gasteiger partial charge >= 0.3 is 0 Å². The van der Waals surface area contributed by atoms with Crippen molar-refractivity contribution in [3.63, 3.8) is 0 Å². The lowest BCUT2D eigenvalue weighted by Gasteiger charge is -2.05. The van der Waals surface area contributed by atoms with Crippen molar-refractivity contribution in [2.45, 2.75) is 0 Å². The molecule has 12 aromatic rings. The summed E-state index contributed by atoms with van der Waals surface area (Å²) < 4.78 is 15.8. The number of aromatic amines is 1. The van der Waals surface area contributed by atoms with Crippen LogP contribution in [0.3, 0.4) is 0 Å². The minimum atomic E-state index is 0.899. The number of para-hydroxylation sites is 3. The SMILES string of the molecule is c1ccc2c(c1)[nH]c1cc(-c3cc4c5ccc6c7ccccc7oc6c5n5c4c(c3)c3ccc4c6ccccc6oc4c35)ccc12. The molecule has 0 unspecified atom stereocenters. The summed E-state index contributed by atoms with van der Waals surface area (Å²) in [7, 11) is 0. The number of H-pyrrole nitrogens is 1. The first-order valence-electron chi connectivity index (χ1n) is 15.7. The van der Waals surface area contributed by atoms with Gasteiger partial charge in [-0.15, -0.1) is 0 Å². The van der Waals surface area contributed by atoms with Gasteiger partial charge in [0.05, 0.1) is 16.6 Å². The first-order chi connectivity index (χ1) is 22.8. The van der Waals surface area contributed by atoms with Crippen LogP contribution in [0, 0.1) is 0 Å². The van der Waals surface area contributed by atoms with Crippen LogP contribution >= 0.6 is 0 Å². The lowest BCUT2D eigenvalue weighted by molar-refractivity contribution is 0.670. The molecule has 0 fully saturated rings. The van der Waals surface area contributed by atoms with Crippen molar-refractivity contribution >= 4 is 104 Å². The summed E-state index contributed by atoms with van der Waals surface area (Å²) >= 11 is 0. The summed E-state index contributed by atoms with van der Waals surface area (Å²) in [6.45, 7) is 0. The Balaban J connectivity index is 1.28. The van der Waals surface area contributed by atoms with E-state index in [0.29, 0.717) is 0 Å². The van der Waals surface area contributed by atoms with Crippen LogP contribution in [0.5, 0.6) is 0 Å². The Morgan fingerprint density at radius 2 is 0.891 bits per heavy atom. The molecule has 0 aliphatic rings. The molecule has 0 spiro atoms. The van der Waals surface area contributed by atoms with Crippen LogP contribution in [0.25, 0.3) is 115 Å². The molecule has 12 rings (SSSR count). The van der Waals surface area contributed by atoms with E-state index in [9.17, 15) is 0 Å². The van der Waals surface area contributed by atoms with E-state index in [0.717, 1.165) is 65.9 Å². The number of nitrogens with zero attached hydrogens (tertiary/aromatic N) is 1. The average Bonchev–Trinajstić information content (AvgIpc) is 3.90. The lowest BCUT2D eigenvalue weighted by atomic mass is 9.98. The molecule has 4 nitrogen and oxygen atoms in total. The third-order valence-corrected chi connectivity index (χ3v) is 10.2. The van der Waals surface area contributed by atoms with Crippen LogP contribution in [0.4, 0.5) is 0 Å². The highest BCUT2D eigenvalue weighted by molar-refractivity contribution is 6.32. The van der Waals surface area contributed by atoms with Crippen molar-refractivity contribution < 1.29 is 8.83 Å². The van der Waals surface area contributed by atoms with E-state index in [4.69, 9.17) is 8.83 Å². The maximum atomic E-state index is 6.68. The van der Waals surface area contributed by atoms with E-state index in [1.165, 1.54) is 49.0 Å². The first-order valence-corrected chi connectivity index (χ1v) is 15.7. The number of fused-ring (bicyclic) bond motifs is 17. The fourth-order valence-corrected chi connectivity index (χ4v) is 8.25. The Labute approximate surface area is 260 Å². The van der Waals surface area contributed by atoms with Gasteiger partial charge in [-0.25, -0.2) is 0 Å². The van der Waals surface area contributed by atoms with Gasteiger partial charge in [0, 0.05) is 64.9 Å². The normalized spacial score (nSPS) is 12.8. The predicted octanol–water partition coefficient (Wildman–Crippen LogP) is 11.9. The van der Waals surface area contributed by atoms with Crippen molar-refractivity contribution in [2.75, 3.05) is 0 Å². The van der Waals surface area contributed by atoms with Crippen LogP contribution in [0.15, 0.2) is 136 Å². The van der Waals surface area contributed by atoms with Gasteiger partial charge in [0.2, 0.25) is 0 Å². The average molecular weight is 587 g/mol. The monoisotopic (exact) mass is 586 g/mol. The number of aromatic nitrogens is 2. The van der Waals surface area contributed by atoms with Crippen molar-refractivity contribution in [2.24, 2.45) is 0 Å². The predicted molar refractivity (Wildman–Crippen MR) is 190 cm³/mol. The second-order valence-corrected chi connectivity index (χ2v) is 12.6. The minimum absolute atomic E-state index is 0.899. The number of benzene rings is 7. The standard InChI is InChI=1S/C42H22N2O2/c1-4-10-34-24(7-1)25-14-13-22(21-35(25)43-34)23-19-32-28-15-17-30-26-8-2-5-11-36(26)45-41(30)39(28)44-38(32)33(20-23)29-16-18-31-27-9-3-6-12-37(27)46-42(31)40(29)44/h1-21,43H. The first kappa shape index (κ1) is 23.2. The maximum Gasteiger partial charge on any atom is 0.160 e. The molecule has 0 aliphatic heterocycles. The molecule has 7 aromatic carbocycles. The Hall–Kier alpha value is -6.26. The molecule has 0 amide bonds. The van der Waals surface area contributed by atoms with E-state index < -0.39 is 0 Å². The van der Waals surface area contributed by atoms with E-state index in [-0.39, 0.29) is 0 Å². The highest BCUT2D eigenvalue weighted by atomic mass is 16.3. The van der Waals surface area contributed by atoms with Gasteiger partial charge in [-0.2, -0.15) is 0 Å². The number of rotatable bonds is 1.